The third-order valence-corrected chi connectivity index (χ3v) is 2.16. The fourth-order valence-electron chi connectivity index (χ4n) is 1.26. The molecule has 1 rings (SSSR count). The van der Waals surface area contributed by atoms with E-state index >= 15 is 0 Å². The van der Waals surface area contributed by atoms with Crippen molar-refractivity contribution in [3.63, 3.8) is 0 Å². The normalized spacial score (nSPS) is 11.3. The average Bonchev–Trinajstić information content (AvgIpc) is 2.35. The first-order valence-corrected chi connectivity index (χ1v) is 5.13. The molecule has 0 fully saturated rings. The summed E-state index contributed by atoms with van der Waals surface area (Å²) in [6, 6.07) is 9.94. The van der Waals surface area contributed by atoms with Crippen molar-refractivity contribution >= 4 is 18.0 Å². The van der Waals surface area contributed by atoms with Crippen molar-refractivity contribution in [2.24, 2.45) is 5.16 Å². The molecule has 0 heterocycles. The molecule has 0 atom stereocenters. The van der Waals surface area contributed by atoms with E-state index in [1.54, 1.807) is 6.08 Å². The standard InChI is InChI=1S/C13H15N3O/c1-16(2)13-6-4-11(5-7-13)8-12(9-14)10-15-17-3/h4-8,10H,1-3H3/b12-8+,15-10-. The van der Waals surface area contributed by atoms with Gasteiger partial charge in [0.15, 0.2) is 0 Å². The first kappa shape index (κ1) is 12.8. The SMILES string of the molecule is CO/N=C\C(C#N)=C\c1ccc(N(C)C)cc1. The molecule has 4 heteroatoms. The maximum atomic E-state index is 8.88. The molecule has 0 aliphatic carbocycles. The minimum atomic E-state index is 0.449. The van der Waals surface area contributed by atoms with E-state index in [1.165, 1.54) is 13.3 Å². The highest BCUT2D eigenvalue weighted by Crippen LogP contribution is 2.14. The molecule has 1 aromatic rings. The second-order valence-corrected chi connectivity index (χ2v) is 3.61. The van der Waals surface area contributed by atoms with E-state index in [2.05, 4.69) is 9.99 Å². The fourth-order valence-corrected chi connectivity index (χ4v) is 1.26. The van der Waals surface area contributed by atoms with Gasteiger partial charge in [-0.25, -0.2) is 0 Å². The highest BCUT2D eigenvalue weighted by molar-refractivity contribution is 5.90. The summed E-state index contributed by atoms with van der Waals surface area (Å²) in [4.78, 5) is 6.55. The monoisotopic (exact) mass is 229 g/mol. The molecule has 0 aromatic heterocycles. The molecule has 0 amide bonds. The van der Waals surface area contributed by atoms with E-state index in [0.29, 0.717) is 5.57 Å². The van der Waals surface area contributed by atoms with Crippen LogP contribution in [0.1, 0.15) is 5.56 Å². The quantitative estimate of drug-likeness (QED) is 0.452. The van der Waals surface area contributed by atoms with Crippen LogP contribution in [0.4, 0.5) is 5.69 Å². The van der Waals surface area contributed by atoms with E-state index in [1.807, 2.05) is 49.3 Å². The number of rotatable bonds is 4. The zero-order valence-corrected chi connectivity index (χ0v) is 10.2. The van der Waals surface area contributed by atoms with Crippen LogP contribution in [0.5, 0.6) is 0 Å². The van der Waals surface area contributed by atoms with E-state index < -0.39 is 0 Å². The lowest BCUT2D eigenvalue weighted by atomic mass is 10.1. The van der Waals surface area contributed by atoms with Gasteiger partial charge in [-0.2, -0.15) is 5.26 Å². The Morgan fingerprint density at radius 2 is 2.00 bits per heavy atom. The van der Waals surface area contributed by atoms with Gasteiger partial charge in [-0.05, 0) is 23.8 Å². The lowest BCUT2D eigenvalue weighted by molar-refractivity contribution is 0.215. The van der Waals surface area contributed by atoms with Crippen molar-refractivity contribution in [2.45, 2.75) is 0 Å². The van der Waals surface area contributed by atoms with Crippen molar-refractivity contribution in [3.05, 3.63) is 35.4 Å². The number of nitriles is 1. The Kier molecular flexibility index (Phi) is 4.77. The van der Waals surface area contributed by atoms with Gasteiger partial charge in [0.25, 0.3) is 0 Å². The van der Waals surface area contributed by atoms with Gasteiger partial charge < -0.3 is 9.74 Å². The van der Waals surface area contributed by atoms with Gasteiger partial charge in [-0.3, -0.25) is 0 Å². The zero-order valence-electron chi connectivity index (χ0n) is 10.2. The Morgan fingerprint density at radius 3 is 2.47 bits per heavy atom. The summed E-state index contributed by atoms with van der Waals surface area (Å²) >= 11 is 0. The van der Waals surface area contributed by atoms with Crippen LogP contribution < -0.4 is 4.90 Å². The van der Waals surface area contributed by atoms with E-state index in [9.17, 15) is 0 Å². The number of oxime groups is 1. The first-order chi connectivity index (χ1) is 8.17. The number of allylic oxidation sites excluding steroid dienone is 1. The summed E-state index contributed by atoms with van der Waals surface area (Å²) in [5.74, 6) is 0. The maximum absolute atomic E-state index is 8.88. The highest BCUT2D eigenvalue weighted by Gasteiger charge is 1.96. The van der Waals surface area contributed by atoms with Gasteiger partial charge in [0, 0.05) is 19.8 Å². The molecular formula is C13H15N3O. The van der Waals surface area contributed by atoms with Crippen molar-refractivity contribution in [1.29, 1.82) is 5.26 Å². The minimum absolute atomic E-state index is 0.449. The van der Waals surface area contributed by atoms with Gasteiger partial charge in [-0.1, -0.05) is 17.3 Å². The van der Waals surface area contributed by atoms with Gasteiger partial charge in [0.1, 0.15) is 13.2 Å². The zero-order chi connectivity index (χ0) is 12.7. The number of nitrogens with zero attached hydrogens (tertiary/aromatic N) is 3. The predicted octanol–water partition coefficient (Wildman–Crippen LogP) is 2.29. The van der Waals surface area contributed by atoms with Gasteiger partial charge in [-0.15, -0.1) is 0 Å². The fraction of sp³-hybridized carbons (Fsp3) is 0.231. The third-order valence-electron chi connectivity index (χ3n) is 2.16. The Bertz CT molecular complexity index is 453. The number of anilines is 1. The third kappa shape index (κ3) is 3.99. The van der Waals surface area contributed by atoms with Crippen LogP contribution in [0.3, 0.4) is 0 Å². The maximum Gasteiger partial charge on any atom is 0.106 e. The molecule has 0 N–H and O–H groups in total. The summed E-state index contributed by atoms with van der Waals surface area (Å²) in [6.45, 7) is 0. The Labute approximate surface area is 101 Å². The molecule has 4 nitrogen and oxygen atoms in total. The molecular weight excluding hydrogens is 214 g/mol. The molecule has 0 saturated carbocycles. The molecule has 0 spiro atoms. The van der Waals surface area contributed by atoms with E-state index in [4.69, 9.17) is 5.26 Å². The minimum Gasteiger partial charge on any atom is -0.399 e. The van der Waals surface area contributed by atoms with Crippen LogP contribution in [0, 0.1) is 11.3 Å². The lowest BCUT2D eigenvalue weighted by Gasteiger charge is -2.11. The highest BCUT2D eigenvalue weighted by atomic mass is 16.6. The molecule has 1 aromatic carbocycles. The lowest BCUT2D eigenvalue weighted by Crippen LogP contribution is -2.07. The molecule has 0 bridgehead atoms. The van der Waals surface area contributed by atoms with Crippen molar-refractivity contribution in [3.8, 4) is 6.07 Å². The van der Waals surface area contributed by atoms with Crippen LogP contribution in [0.2, 0.25) is 0 Å². The molecule has 0 saturated heterocycles. The summed E-state index contributed by atoms with van der Waals surface area (Å²) in [6.07, 6.45) is 3.14. The van der Waals surface area contributed by atoms with E-state index in [-0.39, 0.29) is 0 Å². The van der Waals surface area contributed by atoms with Crippen LogP contribution in [0.15, 0.2) is 35.0 Å². The summed E-state index contributed by atoms with van der Waals surface area (Å²) in [5.41, 5.74) is 2.52. The van der Waals surface area contributed by atoms with E-state index in [0.717, 1.165) is 11.3 Å². The van der Waals surface area contributed by atoms with Crippen LogP contribution in [0.25, 0.3) is 6.08 Å². The van der Waals surface area contributed by atoms with Gasteiger partial charge in [0.05, 0.1) is 11.8 Å². The smallest absolute Gasteiger partial charge is 0.106 e. The van der Waals surface area contributed by atoms with Crippen molar-refractivity contribution in [2.75, 3.05) is 26.1 Å². The van der Waals surface area contributed by atoms with Gasteiger partial charge in [0.2, 0.25) is 0 Å². The second-order valence-electron chi connectivity index (χ2n) is 3.61. The topological polar surface area (TPSA) is 48.6 Å². The Hall–Kier alpha value is -2.28. The molecule has 88 valence electrons. The summed E-state index contributed by atoms with van der Waals surface area (Å²) < 4.78 is 0. The number of benzene rings is 1. The van der Waals surface area contributed by atoms with Crippen molar-refractivity contribution in [1.82, 2.24) is 0 Å². The summed E-state index contributed by atoms with van der Waals surface area (Å²) in [7, 11) is 5.41. The second kappa shape index (κ2) is 6.33. The average molecular weight is 229 g/mol. The van der Waals surface area contributed by atoms with Crippen LogP contribution >= 0.6 is 0 Å². The van der Waals surface area contributed by atoms with Crippen LogP contribution in [-0.4, -0.2) is 27.4 Å². The Balaban J connectivity index is 2.90. The molecule has 17 heavy (non-hydrogen) atoms. The number of hydrogen-bond acceptors (Lipinski definition) is 4. The summed E-state index contributed by atoms with van der Waals surface area (Å²) in [5, 5.41) is 12.4. The van der Waals surface area contributed by atoms with Gasteiger partial charge >= 0.3 is 0 Å². The number of hydrogen-bond donors (Lipinski definition) is 0. The largest absolute Gasteiger partial charge is 0.399 e. The predicted molar refractivity (Wildman–Crippen MR) is 69.9 cm³/mol. The Morgan fingerprint density at radius 1 is 1.35 bits per heavy atom. The first-order valence-electron chi connectivity index (χ1n) is 5.13. The molecule has 0 aliphatic rings. The van der Waals surface area contributed by atoms with Crippen molar-refractivity contribution < 1.29 is 4.84 Å². The molecule has 0 radical (unpaired) electrons. The molecule has 0 unspecified atom stereocenters. The molecule has 0 aliphatic heterocycles. The van der Waals surface area contributed by atoms with Crippen LogP contribution in [-0.2, 0) is 4.84 Å².